The molecule has 0 atom stereocenters. The Morgan fingerprint density at radius 3 is 2.55 bits per heavy atom. The first-order valence-electron chi connectivity index (χ1n) is 7.79. The second-order valence-corrected chi connectivity index (χ2v) is 5.73. The number of amides is 1. The van der Waals surface area contributed by atoms with Crippen molar-refractivity contribution >= 4 is 11.9 Å². The smallest absolute Gasteiger partial charge is 0.335 e. The zero-order valence-corrected chi connectivity index (χ0v) is 12.9. The van der Waals surface area contributed by atoms with Crippen LogP contribution in [0.2, 0.25) is 0 Å². The maximum absolute atomic E-state index is 11.8. The maximum atomic E-state index is 11.8. The van der Waals surface area contributed by atoms with Gasteiger partial charge in [-0.1, -0.05) is 12.1 Å². The summed E-state index contributed by atoms with van der Waals surface area (Å²) in [5.41, 5.74) is 1.06. The molecule has 120 valence electrons. The highest BCUT2D eigenvalue weighted by molar-refractivity contribution is 5.87. The van der Waals surface area contributed by atoms with E-state index in [1.54, 1.807) is 12.1 Å². The van der Waals surface area contributed by atoms with Crippen molar-refractivity contribution in [3.05, 3.63) is 35.4 Å². The molecule has 1 aliphatic rings. The molecular weight excluding hydrogens is 282 g/mol. The molecule has 1 aromatic rings. The van der Waals surface area contributed by atoms with Gasteiger partial charge in [-0.3, -0.25) is 4.79 Å². The van der Waals surface area contributed by atoms with Crippen LogP contribution in [0, 0.1) is 5.92 Å². The lowest BCUT2D eigenvalue weighted by Gasteiger charge is -2.34. The van der Waals surface area contributed by atoms with E-state index < -0.39 is 5.97 Å². The van der Waals surface area contributed by atoms with Crippen LogP contribution in [0.25, 0.3) is 0 Å². The van der Waals surface area contributed by atoms with Crippen molar-refractivity contribution in [1.29, 1.82) is 0 Å². The van der Waals surface area contributed by atoms with Gasteiger partial charge in [-0.25, -0.2) is 4.79 Å². The van der Waals surface area contributed by atoms with Crippen LogP contribution < -0.4 is 5.32 Å². The third-order valence-corrected chi connectivity index (χ3v) is 4.04. The zero-order valence-electron chi connectivity index (χ0n) is 12.9. The van der Waals surface area contributed by atoms with Gasteiger partial charge in [0.1, 0.15) is 0 Å². The molecule has 0 heterocycles. The Balaban J connectivity index is 1.63. The second kappa shape index (κ2) is 7.94. The molecule has 2 rings (SSSR count). The van der Waals surface area contributed by atoms with Gasteiger partial charge in [0.25, 0.3) is 0 Å². The van der Waals surface area contributed by atoms with Crippen molar-refractivity contribution in [2.75, 3.05) is 13.2 Å². The Morgan fingerprint density at radius 1 is 1.27 bits per heavy atom. The minimum Gasteiger partial charge on any atom is -0.478 e. The Bertz CT molecular complexity index is 506. The Hall–Kier alpha value is -1.88. The third-order valence-electron chi connectivity index (χ3n) is 4.04. The molecule has 22 heavy (non-hydrogen) atoms. The molecule has 1 fully saturated rings. The molecule has 0 bridgehead atoms. The summed E-state index contributed by atoms with van der Waals surface area (Å²) >= 11 is 0. The average molecular weight is 305 g/mol. The predicted molar refractivity (Wildman–Crippen MR) is 82.9 cm³/mol. The Labute approximate surface area is 130 Å². The minimum absolute atomic E-state index is 0.0243. The van der Waals surface area contributed by atoms with Crippen molar-refractivity contribution in [2.24, 2.45) is 5.92 Å². The van der Waals surface area contributed by atoms with Crippen LogP contribution in [0.15, 0.2) is 24.3 Å². The highest BCUT2D eigenvalue weighted by atomic mass is 16.5. The number of carbonyl (C=O) groups is 2. The van der Waals surface area contributed by atoms with Crippen LogP contribution in [0.3, 0.4) is 0 Å². The molecule has 5 heteroatoms. The average Bonchev–Trinajstić information content (AvgIpc) is 2.45. The zero-order chi connectivity index (χ0) is 15.9. The van der Waals surface area contributed by atoms with E-state index in [1.807, 2.05) is 6.92 Å². The molecule has 1 aromatic carbocycles. The van der Waals surface area contributed by atoms with Gasteiger partial charge < -0.3 is 15.2 Å². The molecule has 0 aromatic heterocycles. The van der Waals surface area contributed by atoms with E-state index in [-0.39, 0.29) is 17.9 Å². The minimum atomic E-state index is -0.957. The van der Waals surface area contributed by atoms with Crippen LogP contribution in [0.4, 0.5) is 0 Å². The summed E-state index contributed by atoms with van der Waals surface area (Å²) < 4.78 is 5.51. The SMILES string of the molecule is CCOC1CC(CCNC(=O)Cc2ccc(C(=O)O)cc2)C1. The van der Waals surface area contributed by atoms with E-state index in [1.165, 1.54) is 12.1 Å². The lowest BCUT2D eigenvalue weighted by atomic mass is 9.80. The van der Waals surface area contributed by atoms with Gasteiger partial charge in [0, 0.05) is 13.2 Å². The predicted octanol–water partition coefficient (Wildman–Crippen LogP) is 2.25. The van der Waals surface area contributed by atoms with E-state index in [4.69, 9.17) is 9.84 Å². The van der Waals surface area contributed by atoms with Crippen LogP contribution in [0.1, 0.15) is 42.1 Å². The molecular formula is C17H23NO4. The number of rotatable bonds is 8. The second-order valence-electron chi connectivity index (χ2n) is 5.73. The van der Waals surface area contributed by atoms with Gasteiger partial charge in [-0.05, 0) is 49.8 Å². The van der Waals surface area contributed by atoms with Gasteiger partial charge in [0.05, 0.1) is 18.1 Å². The fourth-order valence-electron chi connectivity index (χ4n) is 2.71. The van der Waals surface area contributed by atoms with Crippen LogP contribution in [-0.4, -0.2) is 36.2 Å². The number of benzene rings is 1. The molecule has 0 spiro atoms. The Morgan fingerprint density at radius 2 is 1.95 bits per heavy atom. The molecule has 0 aliphatic heterocycles. The summed E-state index contributed by atoms with van der Waals surface area (Å²) in [6, 6.07) is 6.41. The monoisotopic (exact) mass is 305 g/mol. The number of aromatic carboxylic acids is 1. The molecule has 1 saturated carbocycles. The number of carboxylic acid groups (broad SMARTS) is 1. The van der Waals surface area contributed by atoms with Crippen molar-refractivity contribution < 1.29 is 19.4 Å². The highest BCUT2D eigenvalue weighted by Crippen LogP contribution is 2.32. The first kappa shape index (κ1) is 16.5. The molecule has 0 unspecified atom stereocenters. The summed E-state index contributed by atoms with van der Waals surface area (Å²) in [5.74, 6) is -0.322. The number of hydrogen-bond acceptors (Lipinski definition) is 3. The molecule has 2 N–H and O–H groups in total. The fraction of sp³-hybridized carbons (Fsp3) is 0.529. The van der Waals surface area contributed by atoms with Crippen molar-refractivity contribution in [1.82, 2.24) is 5.32 Å². The lowest BCUT2D eigenvalue weighted by Crippen LogP contribution is -2.35. The first-order chi connectivity index (χ1) is 10.6. The van der Waals surface area contributed by atoms with Gasteiger partial charge in [-0.2, -0.15) is 0 Å². The number of ether oxygens (including phenoxy) is 1. The van der Waals surface area contributed by atoms with Gasteiger partial charge in [0.2, 0.25) is 5.91 Å². The van der Waals surface area contributed by atoms with Crippen molar-refractivity contribution in [2.45, 2.75) is 38.7 Å². The van der Waals surface area contributed by atoms with Gasteiger partial charge in [0.15, 0.2) is 0 Å². The van der Waals surface area contributed by atoms with E-state index in [2.05, 4.69) is 5.32 Å². The third kappa shape index (κ3) is 4.84. The van der Waals surface area contributed by atoms with Crippen LogP contribution in [0.5, 0.6) is 0 Å². The molecule has 1 aliphatic carbocycles. The lowest BCUT2D eigenvalue weighted by molar-refractivity contribution is -0.120. The topological polar surface area (TPSA) is 75.6 Å². The quantitative estimate of drug-likeness (QED) is 0.772. The van der Waals surface area contributed by atoms with Crippen LogP contribution >= 0.6 is 0 Å². The summed E-state index contributed by atoms with van der Waals surface area (Å²) in [6.07, 6.45) is 3.89. The number of hydrogen-bond donors (Lipinski definition) is 2. The first-order valence-corrected chi connectivity index (χ1v) is 7.79. The molecule has 0 saturated heterocycles. The molecule has 1 amide bonds. The van der Waals surface area contributed by atoms with Gasteiger partial charge >= 0.3 is 5.97 Å². The maximum Gasteiger partial charge on any atom is 0.335 e. The highest BCUT2D eigenvalue weighted by Gasteiger charge is 2.28. The number of carboxylic acids is 1. The molecule has 0 radical (unpaired) electrons. The number of carbonyl (C=O) groups excluding carboxylic acids is 1. The summed E-state index contributed by atoms with van der Waals surface area (Å²) in [5, 5.41) is 11.7. The number of nitrogens with one attached hydrogen (secondary N) is 1. The van der Waals surface area contributed by atoms with Crippen molar-refractivity contribution in [3.8, 4) is 0 Å². The van der Waals surface area contributed by atoms with Crippen molar-refractivity contribution in [3.63, 3.8) is 0 Å². The largest absolute Gasteiger partial charge is 0.478 e. The molecule has 5 nitrogen and oxygen atoms in total. The van der Waals surface area contributed by atoms with E-state index >= 15 is 0 Å². The fourth-order valence-corrected chi connectivity index (χ4v) is 2.71. The summed E-state index contributed by atoms with van der Waals surface area (Å²) in [7, 11) is 0. The van der Waals surface area contributed by atoms with E-state index in [0.29, 0.717) is 18.6 Å². The summed E-state index contributed by atoms with van der Waals surface area (Å²) in [4.78, 5) is 22.6. The Kier molecular flexibility index (Phi) is 5.95. The van der Waals surface area contributed by atoms with E-state index in [9.17, 15) is 9.59 Å². The standard InChI is InChI=1S/C17H23NO4/c1-2-22-15-9-13(10-15)7-8-18-16(19)11-12-3-5-14(6-4-12)17(20)21/h3-6,13,15H,2,7-11H2,1H3,(H,18,19)(H,20,21). The van der Waals surface area contributed by atoms with E-state index in [0.717, 1.165) is 31.4 Å². The summed E-state index contributed by atoms with van der Waals surface area (Å²) in [6.45, 7) is 3.47. The van der Waals surface area contributed by atoms with Crippen LogP contribution in [-0.2, 0) is 16.0 Å². The normalized spacial score (nSPS) is 20.2. The van der Waals surface area contributed by atoms with Gasteiger partial charge in [-0.15, -0.1) is 0 Å².